The zero-order valence-electron chi connectivity index (χ0n) is 16.5. The van der Waals surface area contributed by atoms with Gasteiger partial charge in [-0.2, -0.15) is 0 Å². The molecule has 1 fully saturated rings. The van der Waals surface area contributed by atoms with Gasteiger partial charge >= 0.3 is 6.03 Å². The van der Waals surface area contributed by atoms with Crippen molar-refractivity contribution in [2.24, 2.45) is 4.99 Å². The largest absolute Gasteiger partial charge is 0.356 e. The van der Waals surface area contributed by atoms with Crippen molar-refractivity contribution in [3.05, 3.63) is 35.9 Å². The predicted molar refractivity (Wildman–Crippen MR) is 118 cm³/mol. The van der Waals surface area contributed by atoms with Crippen LogP contribution >= 0.6 is 24.0 Å². The van der Waals surface area contributed by atoms with Crippen LogP contribution in [-0.4, -0.2) is 60.4 Å². The maximum absolute atomic E-state index is 12.4. The van der Waals surface area contributed by atoms with Crippen LogP contribution < -0.4 is 10.6 Å². The minimum Gasteiger partial charge on any atom is -0.356 e. The molecule has 1 aromatic rings. The van der Waals surface area contributed by atoms with Crippen LogP contribution in [0.3, 0.4) is 0 Å². The van der Waals surface area contributed by atoms with Crippen molar-refractivity contribution in [1.29, 1.82) is 0 Å². The lowest BCUT2D eigenvalue weighted by Crippen LogP contribution is -2.43. The van der Waals surface area contributed by atoms with Gasteiger partial charge < -0.3 is 15.5 Å². The van der Waals surface area contributed by atoms with E-state index in [4.69, 9.17) is 0 Å². The van der Waals surface area contributed by atoms with Crippen molar-refractivity contribution in [3.8, 4) is 0 Å². The number of nitrogens with zero attached hydrogens (tertiary/aromatic N) is 3. The summed E-state index contributed by atoms with van der Waals surface area (Å²) in [5, 5.41) is 6.06. The van der Waals surface area contributed by atoms with Crippen molar-refractivity contribution in [1.82, 2.24) is 20.4 Å². The second-order valence-corrected chi connectivity index (χ2v) is 6.74. The molecular formula is C19H30IN5O2. The lowest BCUT2D eigenvalue weighted by atomic mass is 9.99. The van der Waals surface area contributed by atoms with E-state index in [9.17, 15) is 9.59 Å². The smallest absolute Gasteiger partial charge is 0.325 e. The van der Waals surface area contributed by atoms with Gasteiger partial charge in [-0.3, -0.25) is 14.7 Å². The topological polar surface area (TPSA) is 77.0 Å². The molecule has 0 spiro atoms. The van der Waals surface area contributed by atoms with E-state index in [2.05, 4.69) is 27.8 Å². The molecule has 3 amide bonds. The molecule has 8 heteroatoms. The van der Waals surface area contributed by atoms with Crippen LogP contribution in [0.2, 0.25) is 0 Å². The number of halogens is 1. The van der Waals surface area contributed by atoms with E-state index in [1.165, 1.54) is 10.5 Å². The van der Waals surface area contributed by atoms with E-state index >= 15 is 0 Å². The number of carbonyl (C=O) groups excluding carboxylic acids is 2. The number of hydrogen-bond donors (Lipinski definition) is 2. The maximum Gasteiger partial charge on any atom is 0.325 e. The van der Waals surface area contributed by atoms with Crippen LogP contribution in [0.15, 0.2) is 35.3 Å². The van der Waals surface area contributed by atoms with Crippen molar-refractivity contribution in [2.75, 3.05) is 27.2 Å². The summed E-state index contributed by atoms with van der Waals surface area (Å²) < 4.78 is 0. The highest BCUT2D eigenvalue weighted by Gasteiger charge is 2.45. The summed E-state index contributed by atoms with van der Waals surface area (Å²) in [5.74, 6) is 0.639. The van der Waals surface area contributed by atoms with Gasteiger partial charge in [-0.05, 0) is 25.3 Å². The molecule has 1 atom stereocenters. The van der Waals surface area contributed by atoms with Gasteiger partial charge in [0.25, 0.3) is 5.91 Å². The molecular weight excluding hydrogens is 457 g/mol. The number of carbonyl (C=O) groups is 2. The molecule has 0 bridgehead atoms. The first-order chi connectivity index (χ1) is 12.4. The molecule has 1 aliphatic rings. The molecule has 0 aliphatic carbocycles. The minimum atomic E-state index is -0.767. The minimum absolute atomic E-state index is 0. The van der Waals surface area contributed by atoms with E-state index < -0.39 is 5.54 Å². The summed E-state index contributed by atoms with van der Waals surface area (Å²) in [7, 11) is 3.72. The average Bonchev–Trinajstić information content (AvgIpc) is 2.85. The zero-order chi connectivity index (χ0) is 19.2. The molecule has 1 heterocycles. The summed E-state index contributed by atoms with van der Waals surface area (Å²) in [5.41, 5.74) is 0.437. The highest BCUT2D eigenvalue weighted by atomic mass is 127. The first kappa shape index (κ1) is 23.2. The van der Waals surface area contributed by atoms with Crippen LogP contribution in [0.5, 0.6) is 0 Å². The number of rotatable bonds is 7. The molecule has 150 valence electrons. The monoisotopic (exact) mass is 487 g/mol. The Kier molecular flexibility index (Phi) is 9.01. The number of amides is 3. The fraction of sp³-hybridized carbons (Fsp3) is 0.526. The number of aliphatic imine (C=N–C) groups is 1. The first-order valence-corrected chi connectivity index (χ1v) is 9.01. The lowest BCUT2D eigenvalue weighted by Gasteiger charge is -2.23. The number of urea groups is 1. The molecule has 1 saturated heterocycles. The molecule has 0 saturated carbocycles. The number of nitrogens with one attached hydrogen (secondary N) is 2. The molecule has 1 aliphatic heterocycles. The van der Waals surface area contributed by atoms with Gasteiger partial charge in [-0.15, -0.1) is 24.0 Å². The second-order valence-electron chi connectivity index (χ2n) is 6.74. The third-order valence-electron chi connectivity index (χ3n) is 4.73. The van der Waals surface area contributed by atoms with E-state index in [-0.39, 0.29) is 35.9 Å². The Bertz CT molecular complexity index is 667. The lowest BCUT2D eigenvalue weighted by molar-refractivity contribution is -0.130. The predicted octanol–water partition coefficient (Wildman–Crippen LogP) is 2.42. The number of imide groups is 1. The van der Waals surface area contributed by atoms with Gasteiger partial charge in [0.1, 0.15) is 5.54 Å². The molecule has 0 aromatic heterocycles. The average molecular weight is 487 g/mol. The van der Waals surface area contributed by atoms with E-state index in [1.807, 2.05) is 37.1 Å². The van der Waals surface area contributed by atoms with E-state index in [0.29, 0.717) is 25.9 Å². The fourth-order valence-electron chi connectivity index (χ4n) is 2.94. The van der Waals surface area contributed by atoms with Gasteiger partial charge in [0.15, 0.2) is 5.96 Å². The standard InChI is InChI=1S/C19H29N5O2.HI/c1-5-19(2)16(25)24(18(26)22-19)13-9-12-21-17(20-3)23(4)14-15-10-7-6-8-11-15;/h6-8,10-11H,5,9,12-14H2,1-4H3,(H,20,21)(H,22,26);1H. The number of benzene rings is 1. The highest BCUT2D eigenvalue weighted by molar-refractivity contribution is 14.0. The fourth-order valence-corrected chi connectivity index (χ4v) is 2.94. The highest BCUT2D eigenvalue weighted by Crippen LogP contribution is 2.20. The second kappa shape index (κ2) is 10.5. The Morgan fingerprint density at radius 3 is 2.52 bits per heavy atom. The van der Waals surface area contributed by atoms with E-state index in [0.717, 1.165) is 12.5 Å². The Morgan fingerprint density at radius 1 is 1.30 bits per heavy atom. The van der Waals surface area contributed by atoms with Crippen LogP contribution in [0.25, 0.3) is 0 Å². The number of guanidine groups is 1. The summed E-state index contributed by atoms with van der Waals surface area (Å²) >= 11 is 0. The third kappa shape index (κ3) is 5.82. The Hall–Kier alpha value is -1.84. The summed E-state index contributed by atoms with van der Waals surface area (Å²) in [4.78, 5) is 32.0. The summed E-state index contributed by atoms with van der Waals surface area (Å²) in [6.07, 6.45) is 1.25. The Morgan fingerprint density at radius 2 is 1.96 bits per heavy atom. The Balaban J connectivity index is 0.00000364. The number of hydrogen-bond acceptors (Lipinski definition) is 3. The van der Waals surface area contributed by atoms with Crippen LogP contribution in [0.1, 0.15) is 32.3 Å². The SMILES string of the molecule is CCC1(C)NC(=O)N(CCCNC(=NC)N(C)Cc2ccccc2)C1=O.I. The van der Waals surface area contributed by atoms with Crippen molar-refractivity contribution >= 4 is 41.9 Å². The van der Waals surface area contributed by atoms with Gasteiger partial charge in [0.05, 0.1) is 0 Å². The quantitative estimate of drug-likeness (QED) is 0.204. The van der Waals surface area contributed by atoms with Crippen molar-refractivity contribution in [3.63, 3.8) is 0 Å². The maximum atomic E-state index is 12.4. The van der Waals surface area contributed by atoms with Gasteiger partial charge in [-0.25, -0.2) is 4.79 Å². The zero-order valence-corrected chi connectivity index (χ0v) is 18.8. The normalized spacial score (nSPS) is 19.6. The molecule has 27 heavy (non-hydrogen) atoms. The molecule has 7 nitrogen and oxygen atoms in total. The summed E-state index contributed by atoms with van der Waals surface area (Å²) in [6, 6.07) is 9.88. The van der Waals surface area contributed by atoms with Gasteiger partial charge in [0, 0.05) is 33.7 Å². The first-order valence-electron chi connectivity index (χ1n) is 9.01. The molecule has 1 aromatic carbocycles. The van der Waals surface area contributed by atoms with Crippen LogP contribution in [0.4, 0.5) is 4.79 Å². The summed E-state index contributed by atoms with van der Waals surface area (Å²) in [6.45, 7) is 5.45. The van der Waals surface area contributed by atoms with Crippen molar-refractivity contribution in [2.45, 2.75) is 38.8 Å². The van der Waals surface area contributed by atoms with Gasteiger partial charge in [-0.1, -0.05) is 37.3 Å². The molecule has 0 radical (unpaired) electrons. The molecule has 2 rings (SSSR count). The Labute approximate surface area is 178 Å². The molecule has 1 unspecified atom stereocenters. The van der Waals surface area contributed by atoms with Crippen LogP contribution in [-0.2, 0) is 11.3 Å². The molecule has 2 N–H and O–H groups in total. The van der Waals surface area contributed by atoms with Gasteiger partial charge in [0.2, 0.25) is 0 Å². The van der Waals surface area contributed by atoms with Crippen molar-refractivity contribution < 1.29 is 9.59 Å². The van der Waals surface area contributed by atoms with E-state index in [1.54, 1.807) is 14.0 Å². The third-order valence-corrected chi connectivity index (χ3v) is 4.73. The van der Waals surface area contributed by atoms with Crippen LogP contribution in [0, 0.1) is 0 Å².